The first kappa shape index (κ1) is 31.1. The van der Waals surface area contributed by atoms with E-state index in [9.17, 15) is 4.79 Å². The second-order valence-electron chi connectivity index (χ2n) is 10.9. The molecule has 10 heteroatoms. The molecule has 1 aromatic heterocycles. The number of aromatic nitrogens is 2. The summed E-state index contributed by atoms with van der Waals surface area (Å²) in [6.45, 7) is 17.0. The molecule has 0 bridgehead atoms. The van der Waals surface area contributed by atoms with E-state index in [0.717, 1.165) is 31.9 Å². The average molecular weight is 595 g/mol. The highest BCUT2D eigenvalue weighted by atomic mass is 35.5. The van der Waals surface area contributed by atoms with Gasteiger partial charge >= 0.3 is 0 Å². The maximum atomic E-state index is 15.7. The fraction of sp³-hybridized carbons (Fsp3) is 0.375. The predicted octanol–water partition coefficient (Wildman–Crippen LogP) is 6.35. The summed E-state index contributed by atoms with van der Waals surface area (Å²) in [6.07, 6.45) is 3.36. The molecule has 0 aliphatic carbocycles. The van der Waals surface area contributed by atoms with Crippen molar-refractivity contribution >= 4 is 40.8 Å². The normalized spacial score (nSPS) is 14.9. The van der Waals surface area contributed by atoms with Gasteiger partial charge in [0, 0.05) is 55.2 Å². The molecule has 0 radical (unpaired) electrons. The van der Waals surface area contributed by atoms with Gasteiger partial charge in [0.15, 0.2) is 5.82 Å². The van der Waals surface area contributed by atoms with Gasteiger partial charge in [-0.05, 0) is 65.1 Å². The SMILES string of the molecule is C=C(N)c1c(C)nc(C(C)c2cc(Cl)c(F)c(C(=O)Nc3ccc(N4CCN(C)CC4)cc3)c2OC(C)C)n1/C=C\C. The number of hydrogen-bond donors (Lipinski definition) is 2. The first-order valence-electron chi connectivity index (χ1n) is 14.1. The lowest BCUT2D eigenvalue weighted by molar-refractivity contribution is 0.101. The van der Waals surface area contributed by atoms with Crippen molar-refractivity contribution in [2.24, 2.45) is 5.73 Å². The van der Waals surface area contributed by atoms with E-state index in [-0.39, 0.29) is 22.4 Å². The van der Waals surface area contributed by atoms with Gasteiger partial charge in [0.2, 0.25) is 0 Å². The molecule has 0 saturated carbocycles. The van der Waals surface area contributed by atoms with E-state index in [4.69, 9.17) is 27.1 Å². The molecule has 0 spiro atoms. The molecule has 2 aromatic carbocycles. The van der Waals surface area contributed by atoms with Crippen molar-refractivity contribution in [1.29, 1.82) is 0 Å². The van der Waals surface area contributed by atoms with Crippen molar-refractivity contribution in [1.82, 2.24) is 14.5 Å². The Morgan fingerprint density at radius 2 is 1.83 bits per heavy atom. The van der Waals surface area contributed by atoms with E-state index in [1.54, 1.807) is 0 Å². The van der Waals surface area contributed by atoms with Gasteiger partial charge < -0.3 is 30.2 Å². The van der Waals surface area contributed by atoms with Crippen LogP contribution >= 0.6 is 11.6 Å². The van der Waals surface area contributed by atoms with E-state index in [1.807, 2.05) is 75.7 Å². The van der Waals surface area contributed by atoms with Gasteiger partial charge in [0.05, 0.1) is 28.2 Å². The molecule has 1 atom stereocenters. The van der Waals surface area contributed by atoms with Gasteiger partial charge in [-0.25, -0.2) is 9.37 Å². The van der Waals surface area contributed by atoms with Crippen molar-refractivity contribution in [3.05, 3.63) is 82.2 Å². The molecule has 2 heterocycles. The highest BCUT2D eigenvalue weighted by molar-refractivity contribution is 6.31. The Bertz CT molecular complexity index is 1490. The second kappa shape index (κ2) is 13.0. The van der Waals surface area contributed by atoms with Gasteiger partial charge in [0.1, 0.15) is 17.1 Å². The number of allylic oxidation sites excluding steroid dienone is 1. The Morgan fingerprint density at radius 1 is 1.19 bits per heavy atom. The molecule has 1 unspecified atom stereocenters. The van der Waals surface area contributed by atoms with Crippen LogP contribution in [0.4, 0.5) is 15.8 Å². The van der Waals surface area contributed by atoms with Crippen molar-refractivity contribution in [2.45, 2.75) is 46.6 Å². The van der Waals surface area contributed by atoms with Crippen LogP contribution in [0.5, 0.6) is 5.75 Å². The number of halogens is 2. The minimum atomic E-state index is -0.848. The maximum absolute atomic E-state index is 15.7. The van der Waals surface area contributed by atoms with Gasteiger partial charge in [-0.3, -0.25) is 4.79 Å². The van der Waals surface area contributed by atoms with Gasteiger partial charge in [-0.1, -0.05) is 31.2 Å². The lowest BCUT2D eigenvalue weighted by Crippen LogP contribution is -2.44. The molecule has 4 rings (SSSR count). The monoisotopic (exact) mass is 594 g/mol. The number of amides is 1. The topological polar surface area (TPSA) is 88.6 Å². The summed E-state index contributed by atoms with van der Waals surface area (Å²) >= 11 is 6.42. The van der Waals surface area contributed by atoms with Crippen LogP contribution in [0.25, 0.3) is 11.9 Å². The van der Waals surface area contributed by atoms with Gasteiger partial charge in [0.25, 0.3) is 5.91 Å². The fourth-order valence-corrected chi connectivity index (χ4v) is 5.44. The zero-order valence-corrected chi connectivity index (χ0v) is 25.9. The fourth-order valence-electron chi connectivity index (χ4n) is 5.23. The third kappa shape index (κ3) is 6.47. The number of hydrogen-bond acceptors (Lipinski definition) is 6. The van der Waals surface area contributed by atoms with Gasteiger partial charge in [-0.2, -0.15) is 0 Å². The molecule has 224 valence electrons. The Labute approximate surface area is 252 Å². The van der Waals surface area contributed by atoms with Gasteiger partial charge in [-0.15, -0.1) is 0 Å². The number of imidazole rings is 1. The number of anilines is 2. The summed E-state index contributed by atoms with van der Waals surface area (Å²) in [6, 6.07) is 9.06. The highest BCUT2D eigenvalue weighted by Crippen LogP contribution is 2.40. The van der Waals surface area contributed by atoms with Crippen molar-refractivity contribution in [2.75, 3.05) is 43.4 Å². The van der Waals surface area contributed by atoms with Crippen LogP contribution in [-0.4, -0.2) is 59.7 Å². The first-order valence-corrected chi connectivity index (χ1v) is 14.5. The smallest absolute Gasteiger partial charge is 0.262 e. The number of ether oxygens (including phenoxy) is 1. The number of nitrogens with two attached hydrogens (primary N) is 1. The molecular formula is C32H40ClFN6O2. The average Bonchev–Trinajstić information content (AvgIpc) is 3.27. The zero-order chi connectivity index (χ0) is 30.7. The number of nitrogens with zero attached hydrogens (tertiary/aromatic N) is 4. The number of aryl methyl sites for hydroxylation is 1. The van der Waals surface area contributed by atoms with Crippen molar-refractivity contribution in [3.63, 3.8) is 0 Å². The third-order valence-electron chi connectivity index (χ3n) is 7.34. The Balaban J connectivity index is 1.73. The summed E-state index contributed by atoms with van der Waals surface area (Å²) in [5.41, 5.74) is 9.70. The van der Waals surface area contributed by atoms with Crippen LogP contribution < -0.4 is 20.7 Å². The van der Waals surface area contributed by atoms with Crippen LogP contribution in [0.3, 0.4) is 0 Å². The van der Waals surface area contributed by atoms with E-state index in [1.165, 1.54) is 6.07 Å². The predicted molar refractivity (Wildman–Crippen MR) is 170 cm³/mol. The number of carbonyl (C=O) groups is 1. The number of benzene rings is 2. The Kier molecular flexibility index (Phi) is 9.64. The van der Waals surface area contributed by atoms with E-state index < -0.39 is 17.6 Å². The second-order valence-corrected chi connectivity index (χ2v) is 11.3. The highest BCUT2D eigenvalue weighted by Gasteiger charge is 2.30. The number of nitrogens with one attached hydrogen (secondary N) is 1. The summed E-state index contributed by atoms with van der Waals surface area (Å²) in [5.74, 6) is -1.22. The molecular weight excluding hydrogens is 555 g/mol. The third-order valence-corrected chi connectivity index (χ3v) is 7.62. The largest absolute Gasteiger partial charge is 0.490 e. The quantitative estimate of drug-likeness (QED) is 0.300. The molecule has 1 aliphatic rings. The van der Waals surface area contributed by atoms with Crippen LogP contribution in [0.15, 0.2) is 43.0 Å². The number of carbonyl (C=O) groups excluding carboxylic acids is 1. The number of piperazine rings is 1. The first-order chi connectivity index (χ1) is 19.9. The van der Waals surface area contributed by atoms with E-state index in [2.05, 4.69) is 28.7 Å². The number of likely N-dealkylation sites (N-methyl/N-ethyl adjacent to an activating group) is 1. The van der Waals surface area contributed by atoms with Crippen LogP contribution in [0, 0.1) is 12.7 Å². The van der Waals surface area contributed by atoms with E-state index in [0.29, 0.717) is 34.2 Å². The molecule has 1 aliphatic heterocycles. The molecule has 1 fully saturated rings. The molecule has 3 N–H and O–H groups in total. The van der Waals surface area contributed by atoms with Crippen molar-refractivity contribution in [3.8, 4) is 5.75 Å². The summed E-state index contributed by atoms with van der Waals surface area (Å²) in [7, 11) is 2.11. The minimum Gasteiger partial charge on any atom is -0.490 e. The molecule has 3 aromatic rings. The lowest BCUT2D eigenvalue weighted by atomic mass is 9.95. The molecule has 8 nitrogen and oxygen atoms in total. The summed E-state index contributed by atoms with van der Waals surface area (Å²) < 4.78 is 23.7. The van der Waals surface area contributed by atoms with Crippen LogP contribution in [-0.2, 0) is 0 Å². The summed E-state index contributed by atoms with van der Waals surface area (Å²) in [5, 5.41) is 2.65. The van der Waals surface area contributed by atoms with Crippen LogP contribution in [0.1, 0.15) is 66.7 Å². The minimum absolute atomic E-state index is 0.117. The zero-order valence-electron chi connectivity index (χ0n) is 25.2. The standard InChI is InChI=1S/C32H40ClFN6O2/c1-8-13-40-29(21(5)35)22(6)36-31(40)20(4)25-18-26(33)28(34)27(30(25)42-19(2)3)32(41)37-23-9-11-24(12-10-23)39-16-14-38(7)15-17-39/h8-13,18-20H,5,14-17,35H2,1-4,6-7H3,(H,37,41)/b13-8-. The van der Waals surface area contributed by atoms with Crippen molar-refractivity contribution < 1.29 is 13.9 Å². The molecule has 1 amide bonds. The number of rotatable bonds is 9. The van der Waals surface area contributed by atoms with Crippen LogP contribution in [0.2, 0.25) is 5.02 Å². The Hall–Kier alpha value is -3.82. The lowest BCUT2D eigenvalue weighted by Gasteiger charge is -2.34. The molecule has 42 heavy (non-hydrogen) atoms. The van der Waals surface area contributed by atoms with E-state index >= 15 is 4.39 Å². The summed E-state index contributed by atoms with van der Waals surface area (Å²) in [4.78, 5) is 23.0. The Morgan fingerprint density at radius 3 is 2.40 bits per heavy atom. The maximum Gasteiger partial charge on any atom is 0.262 e. The molecule has 1 saturated heterocycles.